The fourth-order valence-corrected chi connectivity index (χ4v) is 2.71. The Kier molecular flexibility index (Phi) is 5.59. The van der Waals surface area contributed by atoms with Gasteiger partial charge < -0.3 is 15.8 Å². The van der Waals surface area contributed by atoms with Gasteiger partial charge in [-0.05, 0) is 38.3 Å². The highest BCUT2D eigenvalue weighted by Gasteiger charge is 2.34. The summed E-state index contributed by atoms with van der Waals surface area (Å²) in [6, 6.07) is 5.54. The van der Waals surface area contributed by atoms with Crippen molar-refractivity contribution in [1.82, 2.24) is 5.32 Å². The molecule has 0 radical (unpaired) electrons. The maximum Gasteiger partial charge on any atom is 0.230 e. The highest BCUT2D eigenvalue weighted by atomic mass is 35.5. The first-order valence-corrected chi connectivity index (χ1v) is 7.67. The van der Waals surface area contributed by atoms with Crippen LogP contribution in [0.25, 0.3) is 0 Å². The minimum absolute atomic E-state index is 0. The predicted octanol–water partition coefficient (Wildman–Crippen LogP) is 2.77. The monoisotopic (exact) mass is 316 g/mol. The smallest absolute Gasteiger partial charge is 0.230 e. The Morgan fingerprint density at radius 3 is 2.90 bits per heavy atom. The summed E-state index contributed by atoms with van der Waals surface area (Å²) < 4.78 is 5.93. The van der Waals surface area contributed by atoms with Crippen molar-refractivity contribution in [3.05, 3.63) is 23.8 Å². The molecule has 0 bridgehead atoms. The van der Waals surface area contributed by atoms with Crippen molar-refractivity contribution in [1.29, 1.82) is 0 Å². The van der Waals surface area contributed by atoms with E-state index < -0.39 is 0 Å². The molecule has 2 rings (SSSR count). The minimum Gasteiger partial charge on any atom is -0.487 e. The van der Waals surface area contributed by atoms with Crippen LogP contribution in [0.4, 0.5) is 5.69 Å². The Balaban J connectivity index is 0.00000200. The van der Waals surface area contributed by atoms with Crippen molar-refractivity contribution in [2.24, 2.45) is 0 Å². The molecule has 1 unspecified atom stereocenters. The van der Waals surface area contributed by atoms with E-state index in [-0.39, 0.29) is 30.0 Å². The van der Waals surface area contributed by atoms with Gasteiger partial charge in [0.15, 0.2) is 0 Å². The second-order valence-corrected chi connectivity index (χ2v) is 6.28. The van der Waals surface area contributed by atoms with Gasteiger partial charge in [-0.15, -0.1) is 12.4 Å². The topological polar surface area (TPSA) is 64.3 Å². The Labute approximate surface area is 130 Å². The molecule has 1 amide bonds. The number of benzene rings is 1. The first-order valence-electron chi connectivity index (χ1n) is 6.28. The Hall–Kier alpha value is -1.07. The number of nitrogens with two attached hydrogens (primary N) is 1. The molecule has 0 fully saturated rings. The second kappa shape index (κ2) is 6.59. The van der Waals surface area contributed by atoms with Crippen LogP contribution in [0.3, 0.4) is 0 Å². The van der Waals surface area contributed by atoms with E-state index in [1.807, 2.05) is 38.3 Å². The van der Waals surface area contributed by atoms with Crippen molar-refractivity contribution < 1.29 is 9.53 Å². The molecule has 1 atom stereocenters. The first-order chi connectivity index (χ1) is 8.91. The van der Waals surface area contributed by atoms with Gasteiger partial charge in [-0.1, -0.05) is 0 Å². The molecule has 1 aromatic carbocycles. The largest absolute Gasteiger partial charge is 0.487 e. The van der Waals surface area contributed by atoms with Gasteiger partial charge in [0.25, 0.3) is 0 Å². The average molecular weight is 317 g/mol. The third-order valence-corrected chi connectivity index (χ3v) is 3.65. The number of nitrogens with one attached hydrogen (secondary N) is 1. The lowest BCUT2D eigenvalue weighted by atomic mass is 9.89. The molecule has 0 aliphatic carbocycles. The predicted molar refractivity (Wildman–Crippen MR) is 86.7 cm³/mol. The van der Waals surface area contributed by atoms with E-state index in [0.29, 0.717) is 11.4 Å². The van der Waals surface area contributed by atoms with E-state index in [1.165, 1.54) is 11.8 Å². The van der Waals surface area contributed by atoms with Crippen molar-refractivity contribution in [2.75, 3.05) is 17.7 Å². The number of rotatable bonds is 3. The van der Waals surface area contributed by atoms with E-state index in [2.05, 4.69) is 5.32 Å². The highest BCUT2D eigenvalue weighted by Crippen LogP contribution is 2.40. The van der Waals surface area contributed by atoms with E-state index in [1.54, 1.807) is 0 Å². The van der Waals surface area contributed by atoms with Crippen molar-refractivity contribution in [2.45, 2.75) is 31.9 Å². The summed E-state index contributed by atoms with van der Waals surface area (Å²) in [5, 5.41) is 3.06. The number of halogens is 1. The molecule has 112 valence electrons. The maximum absolute atomic E-state index is 11.8. The summed E-state index contributed by atoms with van der Waals surface area (Å²) in [7, 11) is 0. The van der Waals surface area contributed by atoms with Crippen LogP contribution < -0.4 is 15.8 Å². The number of anilines is 1. The fourth-order valence-electron chi connectivity index (χ4n) is 2.37. The lowest BCUT2D eigenvalue weighted by molar-refractivity contribution is -0.119. The van der Waals surface area contributed by atoms with E-state index in [4.69, 9.17) is 10.5 Å². The molecule has 0 aromatic heterocycles. The van der Waals surface area contributed by atoms with Crippen molar-refractivity contribution in [3.63, 3.8) is 0 Å². The van der Waals surface area contributed by atoms with Gasteiger partial charge in [0, 0.05) is 17.7 Å². The molecule has 1 aliphatic heterocycles. The van der Waals surface area contributed by atoms with Gasteiger partial charge in [0.05, 0.1) is 11.8 Å². The second-order valence-electron chi connectivity index (χ2n) is 5.42. The molecule has 6 heteroatoms. The van der Waals surface area contributed by atoms with Gasteiger partial charge in [0.1, 0.15) is 11.4 Å². The number of fused-ring (bicyclic) bond motifs is 1. The number of carbonyl (C=O) groups excluding carboxylic acids is 1. The Morgan fingerprint density at radius 2 is 2.25 bits per heavy atom. The SMILES string of the molecule is CSCC(=O)NC1CC(C)(C)Oc2ccc(N)cc21.Cl. The fraction of sp³-hybridized carbons (Fsp3) is 0.500. The summed E-state index contributed by atoms with van der Waals surface area (Å²) in [5.74, 6) is 1.32. The van der Waals surface area contributed by atoms with Crippen molar-refractivity contribution in [3.8, 4) is 5.75 Å². The highest BCUT2D eigenvalue weighted by molar-refractivity contribution is 7.99. The quantitative estimate of drug-likeness (QED) is 0.842. The summed E-state index contributed by atoms with van der Waals surface area (Å²) in [6.07, 6.45) is 2.66. The summed E-state index contributed by atoms with van der Waals surface area (Å²) in [4.78, 5) is 11.8. The number of ether oxygens (including phenoxy) is 1. The maximum atomic E-state index is 11.8. The number of amides is 1. The number of thioether (sulfide) groups is 1. The van der Waals surface area contributed by atoms with Gasteiger partial charge in [0.2, 0.25) is 5.91 Å². The minimum atomic E-state index is -0.291. The normalized spacial score (nSPS) is 19.2. The Morgan fingerprint density at radius 1 is 1.55 bits per heavy atom. The molecule has 1 heterocycles. The molecular formula is C14H21ClN2O2S. The van der Waals surface area contributed by atoms with Gasteiger partial charge in [-0.25, -0.2) is 0 Å². The lowest BCUT2D eigenvalue weighted by Gasteiger charge is -2.38. The molecule has 0 saturated heterocycles. The third kappa shape index (κ3) is 3.96. The number of nitrogen functional groups attached to an aromatic ring is 1. The van der Waals surface area contributed by atoms with Crippen LogP contribution in [0.2, 0.25) is 0 Å². The molecule has 20 heavy (non-hydrogen) atoms. The molecule has 4 nitrogen and oxygen atoms in total. The lowest BCUT2D eigenvalue weighted by Crippen LogP contribution is -2.41. The zero-order valence-electron chi connectivity index (χ0n) is 11.9. The average Bonchev–Trinajstić information content (AvgIpc) is 2.29. The van der Waals surface area contributed by atoms with E-state index >= 15 is 0 Å². The zero-order valence-corrected chi connectivity index (χ0v) is 13.6. The van der Waals surface area contributed by atoms with Gasteiger partial charge in [-0.3, -0.25) is 4.79 Å². The molecule has 3 N–H and O–H groups in total. The molecule has 1 aliphatic rings. The van der Waals surface area contributed by atoms with E-state index in [0.717, 1.165) is 17.7 Å². The number of carbonyl (C=O) groups is 1. The van der Waals surface area contributed by atoms with E-state index in [9.17, 15) is 4.79 Å². The zero-order chi connectivity index (χ0) is 14.0. The van der Waals surface area contributed by atoms with Crippen LogP contribution in [-0.2, 0) is 4.79 Å². The van der Waals surface area contributed by atoms with Crippen molar-refractivity contribution >= 4 is 35.8 Å². The Bertz CT molecular complexity index is 494. The summed E-state index contributed by atoms with van der Waals surface area (Å²) in [6.45, 7) is 4.06. The molecule has 1 aromatic rings. The first kappa shape index (κ1) is 17.0. The van der Waals surface area contributed by atoms with Crippen LogP contribution in [0, 0.1) is 0 Å². The molecule has 0 saturated carbocycles. The van der Waals surface area contributed by atoms with Crippen LogP contribution >= 0.6 is 24.2 Å². The number of hydrogen-bond donors (Lipinski definition) is 2. The summed E-state index contributed by atoms with van der Waals surface area (Å²) >= 11 is 1.51. The molecule has 0 spiro atoms. The van der Waals surface area contributed by atoms with Crippen LogP contribution in [0.15, 0.2) is 18.2 Å². The number of hydrogen-bond acceptors (Lipinski definition) is 4. The van der Waals surface area contributed by atoms with Crippen LogP contribution in [0.5, 0.6) is 5.75 Å². The summed E-state index contributed by atoms with van der Waals surface area (Å²) in [5.41, 5.74) is 7.19. The molecular weight excluding hydrogens is 296 g/mol. The standard InChI is InChI=1S/C14H20N2O2S.ClH/c1-14(2)7-11(16-13(17)8-19-3)10-6-9(15)4-5-12(10)18-14;/h4-6,11H,7-8,15H2,1-3H3,(H,16,17);1H. The van der Waals surface area contributed by atoms with Gasteiger partial charge >= 0.3 is 0 Å². The van der Waals surface area contributed by atoms with Crippen LogP contribution in [-0.4, -0.2) is 23.5 Å². The van der Waals surface area contributed by atoms with Crippen LogP contribution in [0.1, 0.15) is 31.9 Å². The van der Waals surface area contributed by atoms with Gasteiger partial charge in [-0.2, -0.15) is 11.8 Å². The third-order valence-electron chi connectivity index (χ3n) is 3.10.